The van der Waals surface area contributed by atoms with Gasteiger partial charge in [-0.15, -0.1) is 0 Å². The van der Waals surface area contributed by atoms with Crippen LogP contribution in [0.25, 0.3) is 0 Å². The fraction of sp³-hybridized carbons (Fsp3) is 0.0909. The number of benzene rings is 1. The summed E-state index contributed by atoms with van der Waals surface area (Å²) in [5, 5.41) is 0. The van der Waals surface area contributed by atoms with Crippen molar-refractivity contribution in [3.05, 3.63) is 34.9 Å². The van der Waals surface area contributed by atoms with Crippen molar-refractivity contribution in [2.24, 2.45) is 0 Å². The molecule has 0 aliphatic carbocycles. The van der Waals surface area contributed by atoms with E-state index in [9.17, 15) is 18.4 Å². The van der Waals surface area contributed by atoms with Crippen LogP contribution in [0.1, 0.15) is 22.3 Å². The van der Waals surface area contributed by atoms with Crippen molar-refractivity contribution < 1.29 is 18.4 Å². The highest BCUT2D eigenvalue weighted by molar-refractivity contribution is 5.75. The maximum Gasteiger partial charge on any atom is 0.153 e. The Morgan fingerprint density at radius 2 is 1.93 bits per heavy atom. The fourth-order valence-electron chi connectivity index (χ4n) is 0.936. The van der Waals surface area contributed by atoms with Crippen LogP contribution in [0, 0.1) is 23.5 Å². The number of carbonyl (C=O) groups is 2. The molecule has 0 radical (unpaired) electrons. The predicted molar refractivity (Wildman–Crippen MR) is 49.3 cm³/mol. The van der Waals surface area contributed by atoms with Crippen molar-refractivity contribution in [2.75, 3.05) is 0 Å². The van der Waals surface area contributed by atoms with Crippen molar-refractivity contribution in [1.82, 2.24) is 0 Å². The third-order valence-electron chi connectivity index (χ3n) is 1.62. The smallest absolute Gasteiger partial charge is 0.153 e. The number of halogens is 2. The Bertz CT molecular complexity index is 456. The van der Waals surface area contributed by atoms with Gasteiger partial charge in [0.05, 0.1) is 17.5 Å². The first-order chi connectivity index (χ1) is 7.19. The Morgan fingerprint density at radius 3 is 2.53 bits per heavy atom. The van der Waals surface area contributed by atoms with Crippen LogP contribution in [0.2, 0.25) is 0 Å². The van der Waals surface area contributed by atoms with Gasteiger partial charge in [-0.05, 0) is 12.1 Å². The minimum absolute atomic E-state index is 0.0451. The van der Waals surface area contributed by atoms with E-state index in [2.05, 4.69) is 11.8 Å². The zero-order chi connectivity index (χ0) is 11.3. The lowest BCUT2D eigenvalue weighted by Crippen LogP contribution is -1.93. The Hall–Kier alpha value is -2.02. The average molecular weight is 208 g/mol. The summed E-state index contributed by atoms with van der Waals surface area (Å²) in [5.74, 6) is 3.03. The molecule has 0 aliphatic rings. The SMILES string of the molecule is O=CCC#Cc1cc(F)c(C=O)cc1F. The molecule has 15 heavy (non-hydrogen) atoms. The van der Waals surface area contributed by atoms with Crippen LogP contribution in [0.3, 0.4) is 0 Å². The molecule has 4 heteroatoms. The van der Waals surface area contributed by atoms with E-state index in [1.807, 2.05) is 0 Å². The van der Waals surface area contributed by atoms with Crippen molar-refractivity contribution in [1.29, 1.82) is 0 Å². The summed E-state index contributed by atoms with van der Waals surface area (Å²) in [6.07, 6.45) is 0.735. The monoisotopic (exact) mass is 208 g/mol. The topological polar surface area (TPSA) is 34.1 Å². The van der Waals surface area contributed by atoms with Crippen LogP contribution in [-0.2, 0) is 4.79 Å². The zero-order valence-electron chi connectivity index (χ0n) is 7.59. The first-order valence-corrected chi connectivity index (χ1v) is 4.05. The summed E-state index contributed by atoms with van der Waals surface area (Å²) in [7, 11) is 0. The van der Waals surface area contributed by atoms with Gasteiger partial charge in [0.25, 0.3) is 0 Å². The van der Waals surface area contributed by atoms with Crippen LogP contribution in [0.4, 0.5) is 8.78 Å². The normalized spacial score (nSPS) is 8.93. The van der Waals surface area contributed by atoms with Gasteiger partial charge >= 0.3 is 0 Å². The van der Waals surface area contributed by atoms with Gasteiger partial charge in [-0.1, -0.05) is 11.8 Å². The number of hydrogen-bond acceptors (Lipinski definition) is 2. The third kappa shape index (κ3) is 2.71. The largest absolute Gasteiger partial charge is 0.302 e. The second-order valence-electron chi connectivity index (χ2n) is 2.64. The second-order valence-corrected chi connectivity index (χ2v) is 2.64. The van der Waals surface area contributed by atoms with E-state index in [1.165, 1.54) is 0 Å². The van der Waals surface area contributed by atoms with Gasteiger partial charge in [0, 0.05) is 0 Å². The summed E-state index contributed by atoms with van der Waals surface area (Å²) in [6.45, 7) is 0. The molecule has 0 aromatic heterocycles. The van der Waals surface area contributed by atoms with Crippen LogP contribution in [0.5, 0.6) is 0 Å². The van der Waals surface area contributed by atoms with Crippen LogP contribution < -0.4 is 0 Å². The molecule has 0 aliphatic heterocycles. The maximum absolute atomic E-state index is 13.1. The number of carbonyl (C=O) groups excluding carboxylic acids is 2. The Morgan fingerprint density at radius 1 is 1.20 bits per heavy atom. The lowest BCUT2D eigenvalue weighted by atomic mass is 10.1. The number of rotatable bonds is 2. The first kappa shape index (κ1) is 11.1. The molecule has 1 rings (SSSR count). The van der Waals surface area contributed by atoms with Gasteiger partial charge in [-0.2, -0.15) is 0 Å². The van der Waals surface area contributed by atoms with Gasteiger partial charge < -0.3 is 4.79 Å². The number of aldehydes is 2. The van der Waals surface area contributed by atoms with Crippen molar-refractivity contribution in [2.45, 2.75) is 6.42 Å². The predicted octanol–water partition coefficient (Wildman–Crippen LogP) is 1.72. The van der Waals surface area contributed by atoms with Gasteiger partial charge in [0.2, 0.25) is 0 Å². The van der Waals surface area contributed by atoms with E-state index in [1.54, 1.807) is 0 Å². The van der Waals surface area contributed by atoms with Crippen molar-refractivity contribution in [3.8, 4) is 11.8 Å². The molecule has 0 unspecified atom stereocenters. The third-order valence-corrected chi connectivity index (χ3v) is 1.62. The molecular weight excluding hydrogens is 202 g/mol. The lowest BCUT2D eigenvalue weighted by Gasteiger charge is -1.97. The average Bonchev–Trinajstić information content (AvgIpc) is 2.23. The highest BCUT2D eigenvalue weighted by Gasteiger charge is 2.07. The fourth-order valence-corrected chi connectivity index (χ4v) is 0.936. The van der Waals surface area contributed by atoms with E-state index in [4.69, 9.17) is 0 Å². The standard InChI is InChI=1S/C11H6F2O2/c12-10-6-9(7-15)11(13)5-8(10)3-1-2-4-14/h4-7H,2H2. The quantitative estimate of drug-likeness (QED) is 0.547. The van der Waals surface area contributed by atoms with Crippen LogP contribution in [-0.4, -0.2) is 12.6 Å². The van der Waals surface area contributed by atoms with Crippen LogP contribution in [0.15, 0.2) is 12.1 Å². The Labute approximate surface area is 84.9 Å². The Kier molecular flexibility index (Phi) is 3.69. The molecule has 1 aromatic rings. The molecule has 0 heterocycles. The molecule has 0 saturated heterocycles. The molecule has 0 saturated carbocycles. The highest BCUT2D eigenvalue weighted by atomic mass is 19.1. The highest BCUT2D eigenvalue weighted by Crippen LogP contribution is 2.12. The van der Waals surface area contributed by atoms with E-state index < -0.39 is 11.6 Å². The summed E-state index contributed by atoms with van der Waals surface area (Å²) in [4.78, 5) is 20.2. The molecule has 1 aromatic carbocycles. The van der Waals surface area contributed by atoms with E-state index >= 15 is 0 Å². The second kappa shape index (κ2) is 5.01. The Balaban J connectivity index is 3.12. The lowest BCUT2D eigenvalue weighted by molar-refractivity contribution is -0.107. The van der Waals surface area contributed by atoms with Gasteiger partial charge in [0.15, 0.2) is 6.29 Å². The summed E-state index contributed by atoms with van der Waals surface area (Å²) in [5.41, 5.74) is -0.520. The number of hydrogen-bond donors (Lipinski definition) is 0. The van der Waals surface area contributed by atoms with E-state index in [0.29, 0.717) is 6.29 Å². The van der Waals surface area contributed by atoms with E-state index in [-0.39, 0.29) is 23.8 Å². The summed E-state index contributed by atoms with van der Waals surface area (Å²) in [6, 6.07) is 1.60. The molecular formula is C11H6F2O2. The molecule has 2 nitrogen and oxygen atoms in total. The molecule has 0 bridgehead atoms. The zero-order valence-corrected chi connectivity index (χ0v) is 7.59. The first-order valence-electron chi connectivity index (χ1n) is 4.05. The molecule has 0 amide bonds. The van der Waals surface area contributed by atoms with Gasteiger partial charge in [-0.3, -0.25) is 4.79 Å². The molecule has 76 valence electrons. The maximum atomic E-state index is 13.1. The minimum Gasteiger partial charge on any atom is -0.302 e. The van der Waals surface area contributed by atoms with Crippen molar-refractivity contribution in [3.63, 3.8) is 0 Å². The molecule has 0 atom stereocenters. The van der Waals surface area contributed by atoms with Gasteiger partial charge in [0.1, 0.15) is 17.9 Å². The van der Waals surface area contributed by atoms with Crippen molar-refractivity contribution >= 4 is 12.6 Å². The molecule has 0 fully saturated rings. The summed E-state index contributed by atoms with van der Waals surface area (Å²) >= 11 is 0. The van der Waals surface area contributed by atoms with Crippen LogP contribution >= 0.6 is 0 Å². The van der Waals surface area contributed by atoms with Gasteiger partial charge in [-0.25, -0.2) is 8.78 Å². The molecule has 0 N–H and O–H groups in total. The summed E-state index contributed by atoms with van der Waals surface area (Å²) < 4.78 is 26.1. The van der Waals surface area contributed by atoms with E-state index in [0.717, 1.165) is 12.1 Å². The minimum atomic E-state index is -0.832. The molecule has 0 spiro atoms.